The second-order valence-electron chi connectivity index (χ2n) is 6.92. The first kappa shape index (κ1) is 21.7. The first-order chi connectivity index (χ1) is 11.7. The van der Waals surface area contributed by atoms with Crippen LogP contribution in [0.2, 0.25) is 0 Å². The molecular formula is C24H31I. The minimum Gasteiger partial charge on any atom is -0.0955 e. The van der Waals surface area contributed by atoms with Crippen LogP contribution in [-0.4, -0.2) is 0 Å². The lowest BCUT2D eigenvalue weighted by atomic mass is 9.74. The number of halogens is 1. The zero-order chi connectivity index (χ0) is 19.0. The molecule has 0 aromatic heterocycles. The van der Waals surface area contributed by atoms with Crippen molar-refractivity contribution < 1.29 is 0 Å². The van der Waals surface area contributed by atoms with Gasteiger partial charge in [0, 0.05) is 8.99 Å². The molecule has 25 heavy (non-hydrogen) atoms. The molecule has 0 aromatic carbocycles. The van der Waals surface area contributed by atoms with Gasteiger partial charge in [0.15, 0.2) is 0 Å². The van der Waals surface area contributed by atoms with Gasteiger partial charge in [0.2, 0.25) is 0 Å². The summed E-state index contributed by atoms with van der Waals surface area (Å²) in [7, 11) is 0. The summed E-state index contributed by atoms with van der Waals surface area (Å²) < 4.78 is 1.23. The predicted octanol–water partition coefficient (Wildman–Crippen LogP) is 8.19. The number of hydrogen-bond donors (Lipinski definition) is 0. The maximum atomic E-state index is 4.40. The molecule has 0 radical (unpaired) electrons. The maximum Gasteiger partial charge on any atom is 0.0143 e. The summed E-state index contributed by atoms with van der Waals surface area (Å²) in [4.78, 5) is 0. The topological polar surface area (TPSA) is 0 Å². The van der Waals surface area contributed by atoms with E-state index in [4.69, 9.17) is 0 Å². The summed E-state index contributed by atoms with van der Waals surface area (Å²) >= 11 is 2.38. The van der Waals surface area contributed by atoms with Gasteiger partial charge in [-0.15, -0.1) is 0 Å². The van der Waals surface area contributed by atoms with E-state index in [0.29, 0.717) is 0 Å². The largest absolute Gasteiger partial charge is 0.0955 e. The Balaban J connectivity index is 3.31. The molecule has 0 aromatic rings. The highest BCUT2D eigenvalue weighted by atomic mass is 127. The average Bonchev–Trinajstić information content (AvgIpc) is 2.60. The standard InChI is InChI=1S/C24H31I/c1-8-10-11-13-18(3)21-15-12-14-19(4)23(17-22(25)9-2)24(6,7)20(5)16-21/h8-11,13,16-17H,3-5,12,14-15H2,1-2,6-7H3/b10-8-,13-11-,21-16+,22-9+,23-17+. The van der Waals surface area contributed by atoms with Crippen molar-refractivity contribution in [2.45, 2.75) is 47.0 Å². The maximum absolute atomic E-state index is 4.40. The van der Waals surface area contributed by atoms with Crippen LogP contribution in [0.4, 0.5) is 0 Å². The molecule has 0 amide bonds. The zero-order valence-corrected chi connectivity index (χ0v) is 18.3. The van der Waals surface area contributed by atoms with Crippen molar-refractivity contribution in [2.75, 3.05) is 0 Å². The molecule has 0 bridgehead atoms. The van der Waals surface area contributed by atoms with Gasteiger partial charge in [0.1, 0.15) is 0 Å². The number of rotatable bonds is 4. The SMILES string of the molecule is C=C(/C=C\C=C/C)/C1=C/C(=C)C(C)(C)/C(=C/C(I)=C\C)C(=C)CCC1. The van der Waals surface area contributed by atoms with Crippen LogP contribution in [0.25, 0.3) is 0 Å². The van der Waals surface area contributed by atoms with Gasteiger partial charge >= 0.3 is 0 Å². The Morgan fingerprint density at radius 2 is 1.84 bits per heavy atom. The van der Waals surface area contributed by atoms with Gasteiger partial charge in [-0.2, -0.15) is 0 Å². The molecule has 1 heteroatoms. The Morgan fingerprint density at radius 3 is 2.44 bits per heavy atom. The Hall–Kier alpha value is -1.35. The van der Waals surface area contributed by atoms with Crippen molar-refractivity contribution in [1.82, 2.24) is 0 Å². The fraction of sp³-hybridized carbons (Fsp3) is 0.333. The van der Waals surface area contributed by atoms with E-state index in [2.05, 4.69) is 87.4 Å². The van der Waals surface area contributed by atoms with Gasteiger partial charge in [0.25, 0.3) is 0 Å². The van der Waals surface area contributed by atoms with E-state index in [1.165, 1.54) is 20.3 Å². The molecule has 0 saturated carbocycles. The third-order valence-corrected chi connectivity index (χ3v) is 5.64. The van der Waals surface area contributed by atoms with E-state index < -0.39 is 0 Å². The quantitative estimate of drug-likeness (QED) is 0.302. The highest BCUT2D eigenvalue weighted by Crippen LogP contribution is 2.43. The van der Waals surface area contributed by atoms with E-state index >= 15 is 0 Å². The Morgan fingerprint density at radius 1 is 1.16 bits per heavy atom. The summed E-state index contributed by atoms with van der Waals surface area (Å²) in [5.41, 5.74) is 5.79. The molecule has 0 unspecified atom stereocenters. The highest BCUT2D eigenvalue weighted by molar-refractivity contribution is 14.1. The summed E-state index contributed by atoms with van der Waals surface area (Å²) in [5, 5.41) is 0. The van der Waals surface area contributed by atoms with Crippen LogP contribution < -0.4 is 0 Å². The zero-order valence-electron chi connectivity index (χ0n) is 16.2. The van der Waals surface area contributed by atoms with E-state index in [1.54, 1.807) is 0 Å². The minimum absolute atomic E-state index is 0.153. The molecule has 0 saturated heterocycles. The van der Waals surface area contributed by atoms with Gasteiger partial charge in [-0.1, -0.05) is 75.6 Å². The molecule has 1 aliphatic carbocycles. The average molecular weight is 446 g/mol. The predicted molar refractivity (Wildman–Crippen MR) is 123 cm³/mol. The molecule has 134 valence electrons. The normalized spacial score (nSPS) is 23.5. The van der Waals surface area contributed by atoms with Gasteiger partial charge < -0.3 is 0 Å². The molecule has 0 aliphatic heterocycles. The summed E-state index contributed by atoms with van der Waals surface area (Å²) in [5.74, 6) is 0. The van der Waals surface area contributed by atoms with Crippen LogP contribution in [0.1, 0.15) is 47.0 Å². The van der Waals surface area contributed by atoms with Gasteiger partial charge in [0.05, 0.1) is 0 Å². The van der Waals surface area contributed by atoms with Crippen molar-refractivity contribution in [3.63, 3.8) is 0 Å². The Labute approximate surface area is 168 Å². The Bertz CT molecular complexity index is 688. The lowest BCUT2D eigenvalue weighted by molar-refractivity contribution is 0.557. The molecule has 0 fully saturated rings. The molecule has 0 atom stereocenters. The lowest BCUT2D eigenvalue weighted by Crippen LogP contribution is -2.18. The first-order valence-electron chi connectivity index (χ1n) is 8.84. The summed E-state index contributed by atoms with van der Waals surface area (Å²) in [6.07, 6.45) is 17.9. The first-order valence-corrected chi connectivity index (χ1v) is 9.92. The van der Waals surface area contributed by atoms with Gasteiger partial charge in [-0.05, 0) is 84.1 Å². The van der Waals surface area contributed by atoms with Crippen molar-refractivity contribution >= 4 is 22.6 Å². The molecule has 0 nitrogen and oxygen atoms in total. The van der Waals surface area contributed by atoms with Crippen molar-refractivity contribution in [2.24, 2.45) is 5.41 Å². The number of allylic oxidation sites excluding steroid dienone is 13. The third-order valence-electron chi connectivity index (χ3n) is 4.70. The number of hydrogen-bond acceptors (Lipinski definition) is 0. The van der Waals surface area contributed by atoms with Crippen LogP contribution in [0.15, 0.2) is 93.7 Å². The van der Waals surface area contributed by atoms with Crippen LogP contribution in [0.5, 0.6) is 0 Å². The van der Waals surface area contributed by atoms with Crippen LogP contribution in [-0.2, 0) is 0 Å². The molecule has 1 aliphatic rings. The molecule has 0 N–H and O–H groups in total. The van der Waals surface area contributed by atoms with Crippen LogP contribution >= 0.6 is 22.6 Å². The van der Waals surface area contributed by atoms with E-state index in [9.17, 15) is 0 Å². The van der Waals surface area contributed by atoms with E-state index in [1.807, 2.05) is 25.2 Å². The van der Waals surface area contributed by atoms with E-state index in [0.717, 1.165) is 30.4 Å². The van der Waals surface area contributed by atoms with Gasteiger partial charge in [-0.3, -0.25) is 0 Å². The highest BCUT2D eigenvalue weighted by Gasteiger charge is 2.28. The molecule has 0 heterocycles. The van der Waals surface area contributed by atoms with Crippen molar-refractivity contribution in [1.29, 1.82) is 0 Å². The molecular weight excluding hydrogens is 415 g/mol. The molecule has 0 spiro atoms. The second kappa shape index (κ2) is 9.96. The van der Waals surface area contributed by atoms with E-state index in [-0.39, 0.29) is 5.41 Å². The minimum atomic E-state index is -0.153. The fourth-order valence-corrected chi connectivity index (χ4v) is 3.16. The Kier molecular flexibility index (Phi) is 8.64. The fourth-order valence-electron chi connectivity index (χ4n) is 2.85. The lowest BCUT2D eigenvalue weighted by Gasteiger charge is -2.30. The summed E-state index contributed by atoms with van der Waals surface area (Å²) in [6, 6.07) is 0. The third kappa shape index (κ3) is 6.14. The van der Waals surface area contributed by atoms with Crippen LogP contribution in [0.3, 0.4) is 0 Å². The van der Waals surface area contributed by atoms with Gasteiger partial charge in [-0.25, -0.2) is 0 Å². The van der Waals surface area contributed by atoms with Crippen molar-refractivity contribution in [3.05, 3.63) is 93.7 Å². The summed E-state index contributed by atoms with van der Waals surface area (Å²) in [6.45, 7) is 21.6. The van der Waals surface area contributed by atoms with Crippen LogP contribution in [0, 0.1) is 5.41 Å². The van der Waals surface area contributed by atoms with Crippen molar-refractivity contribution in [3.8, 4) is 0 Å². The molecule has 1 rings (SSSR count). The monoisotopic (exact) mass is 446 g/mol. The smallest absolute Gasteiger partial charge is 0.0143 e. The second-order valence-corrected chi connectivity index (χ2v) is 8.16.